The van der Waals surface area contributed by atoms with Crippen LogP contribution in [0.1, 0.15) is 20.3 Å². The topological polar surface area (TPSA) is 102 Å². The number of aliphatic hydroxyl groups excluding tert-OH is 1. The van der Waals surface area contributed by atoms with Crippen LogP contribution in [0.25, 0.3) is 0 Å². The molecule has 2 N–H and O–H groups in total. The molecule has 0 aromatic carbocycles. The second-order valence-corrected chi connectivity index (χ2v) is 3.08. The maximum absolute atomic E-state index is 11.1. The summed E-state index contributed by atoms with van der Waals surface area (Å²) in [5.74, 6) is -2.28. The molecule has 0 radical (unpaired) electrons. The number of esters is 1. The van der Waals surface area contributed by atoms with Crippen molar-refractivity contribution in [1.82, 2.24) is 0 Å². The number of aliphatic carboxylic acids is 1. The van der Waals surface area contributed by atoms with Gasteiger partial charge >= 0.3 is 11.9 Å². The van der Waals surface area contributed by atoms with Crippen LogP contribution in [-0.4, -0.2) is 54.4 Å². The van der Waals surface area contributed by atoms with Gasteiger partial charge in [-0.2, -0.15) is 0 Å². The zero-order chi connectivity index (χ0) is 13.3. The number of ether oxygens (including phenoxy) is 3. The SMILES string of the molecule is CCOC(COC(=O)C(O)CC(=O)O)OCC. The fourth-order valence-corrected chi connectivity index (χ4v) is 1.01. The predicted molar refractivity (Wildman–Crippen MR) is 56.3 cm³/mol. The monoisotopic (exact) mass is 250 g/mol. The summed E-state index contributed by atoms with van der Waals surface area (Å²) in [7, 11) is 0. The second kappa shape index (κ2) is 8.91. The molecule has 0 aromatic heterocycles. The van der Waals surface area contributed by atoms with Crippen molar-refractivity contribution in [3.05, 3.63) is 0 Å². The van der Waals surface area contributed by atoms with Crippen LogP contribution in [0.2, 0.25) is 0 Å². The predicted octanol–water partition coefficient (Wildman–Crippen LogP) is -0.236. The summed E-state index contributed by atoms with van der Waals surface area (Å²) < 4.78 is 14.9. The fraction of sp³-hybridized carbons (Fsp3) is 0.800. The van der Waals surface area contributed by atoms with Crippen molar-refractivity contribution in [2.75, 3.05) is 19.8 Å². The Balaban J connectivity index is 3.97. The molecule has 0 amide bonds. The van der Waals surface area contributed by atoms with Crippen LogP contribution in [0.4, 0.5) is 0 Å². The van der Waals surface area contributed by atoms with Gasteiger partial charge in [0.25, 0.3) is 0 Å². The Kier molecular flexibility index (Phi) is 8.29. The lowest BCUT2D eigenvalue weighted by Gasteiger charge is -2.17. The van der Waals surface area contributed by atoms with Crippen LogP contribution >= 0.6 is 0 Å². The van der Waals surface area contributed by atoms with Gasteiger partial charge in [-0.05, 0) is 13.8 Å². The van der Waals surface area contributed by atoms with Gasteiger partial charge in [-0.3, -0.25) is 4.79 Å². The molecule has 7 nitrogen and oxygen atoms in total. The van der Waals surface area contributed by atoms with E-state index in [1.807, 2.05) is 0 Å². The number of carbonyl (C=O) groups excluding carboxylic acids is 1. The molecule has 100 valence electrons. The number of carbonyl (C=O) groups is 2. The minimum Gasteiger partial charge on any atom is -0.481 e. The Hall–Kier alpha value is -1.18. The Morgan fingerprint density at radius 1 is 1.18 bits per heavy atom. The molecule has 0 aromatic rings. The van der Waals surface area contributed by atoms with E-state index < -0.39 is 30.8 Å². The first-order valence-corrected chi connectivity index (χ1v) is 5.30. The third kappa shape index (κ3) is 7.67. The zero-order valence-electron chi connectivity index (χ0n) is 9.92. The second-order valence-electron chi connectivity index (χ2n) is 3.08. The van der Waals surface area contributed by atoms with Gasteiger partial charge in [-0.15, -0.1) is 0 Å². The molecule has 1 atom stereocenters. The maximum Gasteiger partial charge on any atom is 0.335 e. The van der Waals surface area contributed by atoms with Crippen molar-refractivity contribution in [3.8, 4) is 0 Å². The van der Waals surface area contributed by atoms with Crippen LogP contribution in [0.3, 0.4) is 0 Å². The third-order valence-corrected chi connectivity index (χ3v) is 1.71. The lowest BCUT2D eigenvalue weighted by atomic mass is 10.2. The van der Waals surface area contributed by atoms with E-state index >= 15 is 0 Å². The third-order valence-electron chi connectivity index (χ3n) is 1.71. The van der Waals surface area contributed by atoms with Gasteiger partial charge in [-0.1, -0.05) is 0 Å². The normalized spacial score (nSPS) is 12.5. The van der Waals surface area contributed by atoms with E-state index in [1.54, 1.807) is 13.8 Å². The average molecular weight is 250 g/mol. The Labute approximate surface area is 99.3 Å². The van der Waals surface area contributed by atoms with Gasteiger partial charge in [-0.25, -0.2) is 4.79 Å². The zero-order valence-corrected chi connectivity index (χ0v) is 9.92. The smallest absolute Gasteiger partial charge is 0.335 e. The summed E-state index contributed by atoms with van der Waals surface area (Å²) in [6.07, 6.45) is -3.06. The number of rotatable bonds is 9. The average Bonchev–Trinajstić information content (AvgIpc) is 2.25. The molecule has 0 heterocycles. The van der Waals surface area contributed by atoms with Gasteiger partial charge in [0.05, 0.1) is 6.42 Å². The fourth-order valence-electron chi connectivity index (χ4n) is 1.01. The van der Waals surface area contributed by atoms with Crippen molar-refractivity contribution in [1.29, 1.82) is 0 Å². The molecule has 0 saturated carbocycles. The van der Waals surface area contributed by atoms with E-state index in [1.165, 1.54) is 0 Å². The Morgan fingerprint density at radius 2 is 1.71 bits per heavy atom. The molecule has 0 aliphatic carbocycles. The summed E-state index contributed by atoms with van der Waals surface area (Å²) in [6.45, 7) is 4.11. The first-order valence-electron chi connectivity index (χ1n) is 5.30. The highest BCUT2D eigenvalue weighted by Gasteiger charge is 2.21. The molecular weight excluding hydrogens is 232 g/mol. The molecule has 1 unspecified atom stereocenters. The van der Waals surface area contributed by atoms with E-state index in [0.717, 1.165) is 0 Å². The summed E-state index contributed by atoms with van der Waals surface area (Å²) >= 11 is 0. The van der Waals surface area contributed by atoms with Crippen LogP contribution < -0.4 is 0 Å². The highest BCUT2D eigenvalue weighted by atomic mass is 16.7. The molecule has 0 aliphatic heterocycles. The van der Waals surface area contributed by atoms with Crippen molar-refractivity contribution in [2.45, 2.75) is 32.7 Å². The maximum atomic E-state index is 11.1. The van der Waals surface area contributed by atoms with E-state index in [9.17, 15) is 9.59 Å². The number of carboxylic acid groups (broad SMARTS) is 1. The Morgan fingerprint density at radius 3 is 2.12 bits per heavy atom. The molecule has 0 bridgehead atoms. The number of aliphatic hydroxyl groups is 1. The van der Waals surface area contributed by atoms with E-state index in [4.69, 9.17) is 19.7 Å². The molecule has 7 heteroatoms. The van der Waals surface area contributed by atoms with E-state index in [2.05, 4.69) is 4.74 Å². The van der Waals surface area contributed by atoms with Crippen molar-refractivity contribution >= 4 is 11.9 Å². The molecule has 17 heavy (non-hydrogen) atoms. The molecule has 0 rings (SSSR count). The minimum atomic E-state index is -1.67. The van der Waals surface area contributed by atoms with Crippen molar-refractivity contribution < 1.29 is 34.0 Å². The van der Waals surface area contributed by atoms with Crippen LogP contribution in [-0.2, 0) is 23.8 Å². The van der Waals surface area contributed by atoms with Crippen molar-refractivity contribution in [3.63, 3.8) is 0 Å². The largest absolute Gasteiger partial charge is 0.481 e. The standard InChI is InChI=1S/C10H18O7/c1-3-15-9(16-4-2)6-17-10(14)7(11)5-8(12)13/h7,9,11H,3-6H2,1-2H3,(H,12,13). The number of hydrogen-bond donors (Lipinski definition) is 2. The molecule has 0 spiro atoms. The summed E-state index contributed by atoms with van der Waals surface area (Å²) in [4.78, 5) is 21.4. The van der Waals surface area contributed by atoms with Gasteiger partial charge in [0.2, 0.25) is 0 Å². The molecule has 0 aliphatic rings. The highest BCUT2D eigenvalue weighted by molar-refractivity contribution is 5.80. The first kappa shape index (κ1) is 15.8. The summed E-state index contributed by atoms with van der Waals surface area (Å²) in [6, 6.07) is 0. The van der Waals surface area contributed by atoms with Gasteiger partial charge < -0.3 is 24.4 Å². The quantitative estimate of drug-likeness (QED) is 0.430. The first-order chi connectivity index (χ1) is 8.01. The summed E-state index contributed by atoms with van der Waals surface area (Å²) in [5.41, 5.74) is 0. The van der Waals surface area contributed by atoms with E-state index in [0.29, 0.717) is 13.2 Å². The minimum absolute atomic E-state index is 0.183. The molecular formula is C10H18O7. The lowest BCUT2D eigenvalue weighted by molar-refractivity contribution is -0.186. The van der Waals surface area contributed by atoms with Crippen LogP contribution in [0, 0.1) is 0 Å². The molecule has 0 saturated heterocycles. The number of carboxylic acids is 1. The number of hydrogen-bond acceptors (Lipinski definition) is 6. The van der Waals surface area contributed by atoms with Crippen LogP contribution in [0.5, 0.6) is 0 Å². The Bertz CT molecular complexity index is 235. The van der Waals surface area contributed by atoms with Gasteiger partial charge in [0, 0.05) is 13.2 Å². The van der Waals surface area contributed by atoms with Crippen LogP contribution in [0.15, 0.2) is 0 Å². The van der Waals surface area contributed by atoms with Gasteiger partial charge in [0.15, 0.2) is 12.4 Å². The molecule has 0 fully saturated rings. The highest BCUT2D eigenvalue weighted by Crippen LogP contribution is 2.00. The van der Waals surface area contributed by atoms with Gasteiger partial charge in [0.1, 0.15) is 6.61 Å². The van der Waals surface area contributed by atoms with Crippen molar-refractivity contribution in [2.24, 2.45) is 0 Å². The lowest BCUT2D eigenvalue weighted by Crippen LogP contribution is -2.31. The van der Waals surface area contributed by atoms with E-state index in [-0.39, 0.29) is 6.61 Å². The summed E-state index contributed by atoms with van der Waals surface area (Å²) in [5, 5.41) is 17.5.